The fourth-order valence-electron chi connectivity index (χ4n) is 5.14. The van der Waals surface area contributed by atoms with E-state index in [2.05, 4.69) is 66.3 Å². The van der Waals surface area contributed by atoms with Gasteiger partial charge >= 0.3 is 27.6 Å². The molecular formula is C43H74O14P2. The number of hydrogen-bond acceptors (Lipinski definition) is 11. The van der Waals surface area contributed by atoms with Gasteiger partial charge in [0.2, 0.25) is 0 Å². The number of unbranched alkanes of at least 4 members (excludes halogenated alkanes) is 7. The summed E-state index contributed by atoms with van der Waals surface area (Å²) in [5.41, 5.74) is 0. The van der Waals surface area contributed by atoms with Crippen molar-refractivity contribution in [1.82, 2.24) is 0 Å². The van der Waals surface area contributed by atoms with Gasteiger partial charge in [0.1, 0.15) is 12.7 Å². The van der Waals surface area contributed by atoms with Crippen molar-refractivity contribution >= 4 is 27.6 Å². The first-order chi connectivity index (χ1) is 28.2. The van der Waals surface area contributed by atoms with Crippen molar-refractivity contribution in [2.45, 2.75) is 155 Å². The number of aliphatic hydroxyl groups is 2. The predicted octanol–water partition coefficient (Wildman–Crippen LogP) is 9.44. The Morgan fingerprint density at radius 3 is 1.83 bits per heavy atom. The molecule has 59 heavy (non-hydrogen) atoms. The quantitative estimate of drug-likeness (QED) is 0.0128. The fourth-order valence-corrected chi connectivity index (χ4v) is 6.29. The van der Waals surface area contributed by atoms with Crippen LogP contribution in [0.4, 0.5) is 0 Å². The third-order valence-electron chi connectivity index (χ3n) is 8.73. The van der Waals surface area contributed by atoms with E-state index in [4.69, 9.17) is 23.8 Å². The molecule has 0 aromatic heterocycles. The lowest BCUT2D eigenvalue weighted by atomic mass is 9.99. The fraction of sp³-hybridized carbons (Fsp3) is 0.674. The summed E-state index contributed by atoms with van der Waals surface area (Å²) >= 11 is 0. The number of carbonyl (C=O) groups is 2. The molecule has 0 aliphatic rings. The number of rotatable bonds is 38. The first-order valence-electron chi connectivity index (χ1n) is 21.1. The summed E-state index contributed by atoms with van der Waals surface area (Å²) < 4.78 is 47.6. The molecule has 0 amide bonds. The Morgan fingerprint density at radius 2 is 1.20 bits per heavy atom. The number of allylic oxidation sites excluding steroid dienone is 10. The molecule has 0 bridgehead atoms. The zero-order valence-corrected chi connectivity index (χ0v) is 37.4. The Morgan fingerprint density at radius 1 is 0.627 bits per heavy atom. The van der Waals surface area contributed by atoms with Gasteiger partial charge in [-0.05, 0) is 50.9 Å². The van der Waals surface area contributed by atoms with Crippen LogP contribution in [0.1, 0.15) is 136 Å². The van der Waals surface area contributed by atoms with E-state index in [0.717, 1.165) is 57.3 Å². The highest BCUT2D eigenvalue weighted by Gasteiger charge is 2.28. The van der Waals surface area contributed by atoms with Crippen molar-refractivity contribution in [3.63, 3.8) is 0 Å². The van der Waals surface area contributed by atoms with Gasteiger partial charge in [0.25, 0.3) is 0 Å². The Hall–Kier alpha value is -2.48. The second kappa shape index (κ2) is 37.3. The highest BCUT2D eigenvalue weighted by molar-refractivity contribution is 7.47. The smallest absolute Gasteiger partial charge is 0.462 e. The Kier molecular flexibility index (Phi) is 35.7. The maximum Gasteiger partial charge on any atom is 0.472 e. The SMILES string of the molecule is CC/C=C\C/C=C\C/C=C\C/C=C\C=C/C(O)C/C=C\CCC(=O)OC[C@H](COP(=O)(O)OC[C@@H](O)COP(=O)(O)O)OC(=O)CCCCCCCCCCC(C)CC. The van der Waals surface area contributed by atoms with Crippen LogP contribution in [0.15, 0.2) is 72.9 Å². The van der Waals surface area contributed by atoms with Gasteiger partial charge in [-0.15, -0.1) is 0 Å². The monoisotopic (exact) mass is 876 g/mol. The topological polar surface area (TPSA) is 216 Å². The molecule has 0 rings (SSSR count). The summed E-state index contributed by atoms with van der Waals surface area (Å²) in [6, 6.07) is 0. The molecule has 14 nitrogen and oxygen atoms in total. The van der Waals surface area contributed by atoms with Crippen molar-refractivity contribution < 1.29 is 66.7 Å². The molecule has 3 unspecified atom stereocenters. The highest BCUT2D eigenvalue weighted by atomic mass is 31.2. The van der Waals surface area contributed by atoms with E-state index >= 15 is 0 Å². The summed E-state index contributed by atoms with van der Waals surface area (Å²) in [7, 11) is -9.73. The standard InChI is InChI=1S/C43H74O14P2/c1-4-6-7-8-9-10-11-12-13-14-18-21-25-30-39(44)31-26-23-28-32-42(46)53-36-41(37-56-59(51,52)55-35-40(45)34-54-58(48,49)50)57-43(47)33-27-22-19-16-15-17-20-24-29-38(3)5-2/h6-7,9-10,12-13,18,21,23,25-26,30,38-41,44-45H,4-5,8,11,14-17,19-20,22,24,27-29,31-37H2,1-3H3,(H,51,52)(H2,48,49,50)/b7-6-,10-9-,13-12-,21-18-,26-23-,30-25-/t38?,39?,40-,41+/m0/s1. The summed E-state index contributed by atoms with van der Waals surface area (Å²) in [5.74, 6) is -0.447. The first kappa shape index (κ1) is 56.5. The zero-order chi connectivity index (χ0) is 44.0. The van der Waals surface area contributed by atoms with E-state index in [0.29, 0.717) is 19.3 Å². The van der Waals surface area contributed by atoms with Gasteiger partial charge in [-0.3, -0.25) is 23.2 Å². The average molecular weight is 877 g/mol. The maximum absolute atomic E-state index is 12.6. The second-order valence-corrected chi connectivity index (χ2v) is 17.0. The third-order valence-corrected chi connectivity index (χ3v) is 10.2. The number of esters is 2. The Labute approximate surface area is 353 Å². The lowest BCUT2D eigenvalue weighted by Crippen LogP contribution is -2.29. The lowest BCUT2D eigenvalue weighted by Gasteiger charge is -2.20. The van der Waals surface area contributed by atoms with E-state index in [9.17, 15) is 33.8 Å². The Bertz CT molecular complexity index is 1350. The van der Waals surface area contributed by atoms with E-state index < -0.39 is 72.3 Å². The minimum Gasteiger partial charge on any atom is -0.462 e. The van der Waals surface area contributed by atoms with E-state index in [-0.39, 0.29) is 12.8 Å². The molecule has 0 aromatic carbocycles. The highest BCUT2D eigenvalue weighted by Crippen LogP contribution is 2.43. The van der Waals surface area contributed by atoms with Gasteiger partial charge < -0.3 is 34.4 Å². The average Bonchev–Trinajstić information content (AvgIpc) is 3.19. The first-order valence-corrected chi connectivity index (χ1v) is 24.2. The summed E-state index contributed by atoms with van der Waals surface area (Å²) in [4.78, 5) is 52.6. The van der Waals surface area contributed by atoms with Crippen molar-refractivity contribution in [2.75, 3.05) is 26.4 Å². The van der Waals surface area contributed by atoms with Gasteiger partial charge in [0.15, 0.2) is 6.10 Å². The van der Waals surface area contributed by atoms with Crippen LogP contribution in [0.5, 0.6) is 0 Å². The molecule has 0 fully saturated rings. The van der Waals surface area contributed by atoms with Gasteiger partial charge in [0, 0.05) is 12.8 Å². The lowest BCUT2D eigenvalue weighted by molar-refractivity contribution is -0.161. The van der Waals surface area contributed by atoms with Crippen LogP contribution in [-0.4, -0.2) is 81.6 Å². The van der Waals surface area contributed by atoms with E-state index in [1.807, 2.05) is 12.2 Å². The number of phosphoric ester groups is 2. The molecule has 0 saturated heterocycles. The molecule has 5 atom stereocenters. The van der Waals surface area contributed by atoms with Crippen LogP contribution in [0.3, 0.4) is 0 Å². The number of carbonyl (C=O) groups excluding carboxylic acids is 2. The molecular weight excluding hydrogens is 802 g/mol. The molecule has 0 aliphatic heterocycles. The molecule has 0 aromatic rings. The molecule has 340 valence electrons. The van der Waals surface area contributed by atoms with E-state index in [1.54, 1.807) is 24.3 Å². The van der Waals surface area contributed by atoms with Crippen LogP contribution in [0, 0.1) is 5.92 Å². The van der Waals surface area contributed by atoms with Gasteiger partial charge in [0.05, 0.1) is 25.9 Å². The third kappa shape index (κ3) is 40.7. The molecule has 0 heterocycles. The van der Waals surface area contributed by atoms with E-state index in [1.165, 1.54) is 32.1 Å². The summed E-state index contributed by atoms with van der Waals surface area (Å²) in [6.45, 7) is 3.71. The maximum atomic E-state index is 12.6. The molecule has 0 spiro atoms. The van der Waals surface area contributed by atoms with Gasteiger partial charge in [-0.2, -0.15) is 0 Å². The van der Waals surface area contributed by atoms with Crippen LogP contribution >= 0.6 is 15.6 Å². The minimum absolute atomic E-state index is 0.0139. The minimum atomic E-state index is -4.88. The molecule has 0 radical (unpaired) electrons. The zero-order valence-electron chi connectivity index (χ0n) is 35.6. The molecule has 16 heteroatoms. The number of hydrogen-bond donors (Lipinski definition) is 5. The number of aliphatic hydroxyl groups excluding tert-OH is 2. The second-order valence-electron chi connectivity index (χ2n) is 14.3. The van der Waals surface area contributed by atoms with Crippen molar-refractivity contribution in [3.05, 3.63) is 72.9 Å². The predicted molar refractivity (Wildman–Crippen MR) is 231 cm³/mol. The van der Waals surface area contributed by atoms with Gasteiger partial charge in [-0.1, -0.05) is 151 Å². The van der Waals surface area contributed by atoms with Crippen LogP contribution < -0.4 is 0 Å². The number of phosphoric acid groups is 2. The van der Waals surface area contributed by atoms with Crippen molar-refractivity contribution in [3.8, 4) is 0 Å². The molecule has 0 aliphatic carbocycles. The van der Waals surface area contributed by atoms with Crippen LogP contribution in [-0.2, 0) is 41.8 Å². The summed E-state index contributed by atoms with van der Waals surface area (Å²) in [6.07, 6.45) is 35.2. The normalized spacial score (nSPS) is 15.9. The van der Waals surface area contributed by atoms with Crippen LogP contribution in [0.25, 0.3) is 0 Å². The Balaban J connectivity index is 4.75. The summed E-state index contributed by atoms with van der Waals surface area (Å²) in [5, 5.41) is 19.9. The van der Waals surface area contributed by atoms with Gasteiger partial charge in [-0.25, -0.2) is 9.13 Å². The molecule has 5 N–H and O–H groups in total. The molecule has 0 saturated carbocycles. The number of ether oxygens (including phenoxy) is 2. The van der Waals surface area contributed by atoms with Crippen molar-refractivity contribution in [1.29, 1.82) is 0 Å². The van der Waals surface area contributed by atoms with Crippen molar-refractivity contribution in [2.24, 2.45) is 5.92 Å². The largest absolute Gasteiger partial charge is 0.472 e. The van der Waals surface area contributed by atoms with Crippen LogP contribution in [0.2, 0.25) is 0 Å².